The zero-order chi connectivity index (χ0) is 17.0. The molecule has 2 heterocycles. The van der Waals surface area contributed by atoms with Crippen LogP contribution in [0.4, 0.5) is 4.79 Å². The van der Waals surface area contributed by atoms with Gasteiger partial charge in [-0.05, 0) is 39.7 Å². The van der Waals surface area contributed by atoms with Gasteiger partial charge in [-0.15, -0.1) is 0 Å². The highest BCUT2D eigenvalue weighted by Gasteiger charge is 2.26. The predicted molar refractivity (Wildman–Crippen MR) is 83.3 cm³/mol. The molecule has 0 bridgehead atoms. The number of carbonyl (C=O) groups excluding carboxylic acids is 1. The summed E-state index contributed by atoms with van der Waals surface area (Å²) in [4.78, 5) is 24.5. The molecule has 2 N–H and O–H groups in total. The van der Waals surface area contributed by atoms with Crippen LogP contribution in [0.1, 0.15) is 49.7 Å². The molecule has 2 rings (SSSR count). The van der Waals surface area contributed by atoms with Crippen molar-refractivity contribution in [2.75, 3.05) is 13.1 Å². The first-order valence-electron chi connectivity index (χ1n) is 7.76. The SMILES string of the molecule is CC(C)(C)OC(=O)N1CCC(NCc2cc(C(=O)O)co2)CC1. The second-order valence-electron chi connectivity index (χ2n) is 6.73. The Kier molecular flexibility index (Phi) is 5.30. The molecule has 7 nitrogen and oxygen atoms in total. The average Bonchev–Trinajstić information content (AvgIpc) is 2.93. The maximum atomic E-state index is 12.0. The van der Waals surface area contributed by atoms with Gasteiger partial charge in [-0.3, -0.25) is 0 Å². The quantitative estimate of drug-likeness (QED) is 0.884. The number of likely N-dealkylation sites (tertiary alicyclic amines) is 1. The third-order valence-corrected chi connectivity index (χ3v) is 3.61. The van der Waals surface area contributed by atoms with Gasteiger partial charge >= 0.3 is 12.1 Å². The Morgan fingerprint density at radius 2 is 2.04 bits per heavy atom. The lowest BCUT2D eigenvalue weighted by atomic mass is 10.1. The monoisotopic (exact) mass is 324 g/mol. The number of carbonyl (C=O) groups is 2. The molecule has 128 valence electrons. The molecule has 7 heteroatoms. The van der Waals surface area contributed by atoms with Gasteiger partial charge in [-0.2, -0.15) is 0 Å². The molecule has 0 saturated carbocycles. The van der Waals surface area contributed by atoms with Crippen molar-refractivity contribution in [2.24, 2.45) is 0 Å². The fraction of sp³-hybridized carbons (Fsp3) is 0.625. The smallest absolute Gasteiger partial charge is 0.410 e. The zero-order valence-electron chi connectivity index (χ0n) is 13.8. The molecule has 23 heavy (non-hydrogen) atoms. The highest BCUT2D eigenvalue weighted by molar-refractivity contribution is 5.87. The van der Waals surface area contributed by atoms with E-state index in [0.29, 0.717) is 25.4 Å². The summed E-state index contributed by atoms with van der Waals surface area (Å²) in [7, 11) is 0. The number of furan rings is 1. The van der Waals surface area contributed by atoms with Crippen LogP contribution in [-0.2, 0) is 11.3 Å². The number of aromatic carboxylic acids is 1. The second-order valence-corrected chi connectivity index (χ2v) is 6.73. The van der Waals surface area contributed by atoms with Crippen LogP contribution < -0.4 is 5.32 Å². The maximum absolute atomic E-state index is 12.0. The number of piperidine rings is 1. The van der Waals surface area contributed by atoms with Crippen molar-refractivity contribution in [1.82, 2.24) is 10.2 Å². The predicted octanol–water partition coefficient (Wildman–Crippen LogP) is 2.47. The molecule has 1 aliphatic rings. The minimum atomic E-state index is -0.995. The molecule has 0 aliphatic carbocycles. The molecule has 1 aromatic heterocycles. The molecule has 1 fully saturated rings. The first kappa shape index (κ1) is 17.3. The normalized spacial score (nSPS) is 16.4. The molecule has 1 amide bonds. The lowest BCUT2D eigenvalue weighted by Gasteiger charge is -2.33. The van der Waals surface area contributed by atoms with Crippen molar-refractivity contribution in [3.05, 3.63) is 23.7 Å². The fourth-order valence-corrected chi connectivity index (χ4v) is 2.42. The van der Waals surface area contributed by atoms with Crippen LogP contribution in [0.5, 0.6) is 0 Å². The fourth-order valence-electron chi connectivity index (χ4n) is 2.42. The van der Waals surface area contributed by atoms with Gasteiger partial charge in [0.25, 0.3) is 0 Å². The van der Waals surface area contributed by atoms with Crippen molar-refractivity contribution in [3.8, 4) is 0 Å². The maximum Gasteiger partial charge on any atom is 0.410 e. The Bertz CT molecular complexity index is 553. The molecular formula is C16H24N2O5. The average molecular weight is 324 g/mol. The van der Waals surface area contributed by atoms with E-state index in [1.54, 1.807) is 4.90 Å². The van der Waals surface area contributed by atoms with Crippen LogP contribution >= 0.6 is 0 Å². The van der Waals surface area contributed by atoms with Gasteiger partial charge in [0.2, 0.25) is 0 Å². The highest BCUT2D eigenvalue weighted by atomic mass is 16.6. The number of nitrogens with zero attached hydrogens (tertiary/aromatic N) is 1. The van der Waals surface area contributed by atoms with Crippen LogP contribution in [0, 0.1) is 0 Å². The number of amides is 1. The van der Waals surface area contributed by atoms with E-state index in [-0.39, 0.29) is 17.7 Å². The second kappa shape index (κ2) is 7.04. The number of ether oxygens (including phenoxy) is 1. The number of hydrogen-bond donors (Lipinski definition) is 2. The molecule has 0 radical (unpaired) electrons. The Balaban J connectivity index is 1.74. The summed E-state index contributed by atoms with van der Waals surface area (Å²) in [6.45, 7) is 7.33. The number of rotatable bonds is 4. The lowest BCUT2D eigenvalue weighted by Crippen LogP contribution is -2.46. The van der Waals surface area contributed by atoms with E-state index < -0.39 is 11.6 Å². The minimum absolute atomic E-state index is 0.154. The van der Waals surface area contributed by atoms with E-state index in [2.05, 4.69) is 5.32 Å². The Morgan fingerprint density at radius 3 is 2.57 bits per heavy atom. The lowest BCUT2D eigenvalue weighted by molar-refractivity contribution is 0.0197. The summed E-state index contributed by atoms with van der Waals surface area (Å²) in [6.07, 6.45) is 2.62. The molecule has 0 spiro atoms. The Hall–Kier alpha value is -2.02. The van der Waals surface area contributed by atoms with Gasteiger partial charge in [-0.25, -0.2) is 9.59 Å². The van der Waals surface area contributed by atoms with Gasteiger partial charge in [0.15, 0.2) is 0 Å². The van der Waals surface area contributed by atoms with Crippen molar-refractivity contribution < 1.29 is 23.8 Å². The summed E-state index contributed by atoms with van der Waals surface area (Å²) in [5.74, 6) is -0.400. The van der Waals surface area contributed by atoms with Crippen LogP contribution in [0.2, 0.25) is 0 Å². The molecular weight excluding hydrogens is 300 g/mol. The van der Waals surface area contributed by atoms with Crippen molar-refractivity contribution >= 4 is 12.1 Å². The van der Waals surface area contributed by atoms with E-state index in [9.17, 15) is 9.59 Å². The standard InChI is InChI=1S/C16H24N2O5/c1-16(2,3)23-15(21)18-6-4-12(5-7-18)17-9-13-8-11(10-22-13)14(19)20/h8,10,12,17H,4-7,9H2,1-3H3,(H,19,20). The summed E-state index contributed by atoms with van der Waals surface area (Å²) >= 11 is 0. The third-order valence-electron chi connectivity index (χ3n) is 3.61. The highest BCUT2D eigenvalue weighted by Crippen LogP contribution is 2.16. The van der Waals surface area contributed by atoms with E-state index >= 15 is 0 Å². The van der Waals surface area contributed by atoms with E-state index in [1.807, 2.05) is 20.8 Å². The van der Waals surface area contributed by atoms with Gasteiger partial charge in [0.1, 0.15) is 17.6 Å². The zero-order valence-corrected chi connectivity index (χ0v) is 13.8. The van der Waals surface area contributed by atoms with Crippen LogP contribution in [0.3, 0.4) is 0 Å². The summed E-state index contributed by atoms with van der Waals surface area (Å²) < 4.78 is 10.6. The largest absolute Gasteiger partial charge is 0.478 e. The van der Waals surface area contributed by atoms with Gasteiger partial charge in [0.05, 0.1) is 12.1 Å². The molecule has 0 aromatic carbocycles. The van der Waals surface area contributed by atoms with Gasteiger partial charge in [0, 0.05) is 19.1 Å². The minimum Gasteiger partial charge on any atom is -0.478 e. The van der Waals surface area contributed by atoms with Crippen molar-refractivity contribution in [3.63, 3.8) is 0 Å². The van der Waals surface area contributed by atoms with Crippen LogP contribution in [0.25, 0.3) is 0 Å². The number of carboxylic acid groups (broad SMARTS) is 1. The number of carboxylic acids is 1. The van der Waals surface area contributed by atoms with Gasteiger partial charge in [-0.1, -0.05) is 0 Å². The Morgan fingerprint density at radius 1 is 1.39 bits per heavy atom. The van der Waals surface area contributed by atoms with Crippen molar-refractivity contribution in [2.45, 2.75) is 51.8 Å². The number of nitrogens with one attached hydrogen (secondary N) is 1. The molecule has 1 saturated heterocycles. The first-order valence-corrected chi connectivity index (χ1v) is 7.76. The summed E-state index contributed by atoms with van der Waals surface area (Å²) in [5, 5.41) is 12.2. The molecule has 1 aromatic rings. The van der Waals surface area contributed by atoms with Crippen LogP contribution in [0.15, 0.2) is 16.7 Å². The summed E-state index contributed by atoms with van der Waals surface area (Å²) in [5.41, 5.74) is -0.325. The number of hydrogen-bond acceptors (Lipinski definition) is 5. The van der Waals surface area contributed by atoms with Gasteiger partial charge < -0.3 is 24.5 Å². The molecule has 1 aliphatic heterocycles. The van der Waals surface area contributed by atoms with E-state index in [4.69, 9.17) is 14.3 Å². The van der Waals surface area contributed by atoms with E-state index in [1.165, 1.54) is 12.3 Å². The van der Waals surface area contributed by atoms with E-state index in [0.717, 1.165) is 12.8 Å². The third kappa shape index (κ3) is 5.28. The topological polar surface area (TPSA) is 92.0 Å². The first-order chi connectivity index (χ1) is 10.7. The molecule has 0 atom stereocenters. The molecule has 0 unspecified atom stereocenters. The van der Waals surface area contributed by atoms with Crippen molar-refractivity contribution in [1.29, 1.82) is 0 Å². The van der Waals surface area contributed by atoms with Crippen LogP contribution in [-0.4, -0.2) is 46.8 Å². The summed E-state index contributed by atoms with van der Waals surface area (Å²) in [6, 6.07) is 1.79. The Labute approximate surface area is 135 Å².